The zero-order chi connectivity index (χ0) is 19.3. The van der Waals surface area contributed by atoms with Gasteiger partial charge < -0.3 is 4.57 Å². The topological polar surface area (TPSA) is 68.1 Å². The third kappa shape index (κ3) is 2.62. The summed E-state index contributed by atoms with van der Waals surface area (Å²) >= 11 is 0. The lowest BCUT2D eigenvalue weighted by Crippen LogP contribution is -2.29. The summed E-state index contributed by atoms with van der Waals surface area (Å²) in [5, 5.41) is 0.828. The van der Waals surface area contributed by atoms with E-state index >= 15 is 0 Å². The van der Waals surface area contributed by atoms with Crippen molar-refractivity contribution in [3.8, 4) is 0 Å². The van der Waals surface area contributed by atoms with Crippen LogP contribution in [-0.2, 0) is 17.1 Å². The Bertz CT molecular complexity index is 1290. The smallest absolute Gasteiger partial charge is 0.245 e. The third-order valence-corrected chi connectivity index (χ3v) is 7.45. The van der Waals surface area contributed by atoms with Crippen LogP contribution < -0.4 is 0 Å². The average Bonchev–Trinajstić information content (AvgIpc) is 3.33. The first-order valence-corrected chi connectivity index (χ1v) is 10.7. The molecule has 5 rings (SSSR count). The first kappa shape index (κ1) is 17.3. The molecule has 0 saturated carbocycles. The first-order chi connectivity index (χ1) is 13.6. The third-order valence-electron chi connectivity index (χ3n) is 5.55. The molecule has 0 amide bonds. The highest BCUT2D eigenvalue weighted by Crippen LogP contribution is 2.33. The quantitative estimate of drug-likeness (QED) is 0.536. The molecular weight excluding hydrogens is 372 g/mol. The van der Waals surface area contributed by atoms with Gasteiger partial charge in [-0.1, -0.05) is 30.3 Å². The Morgan fingerprint density at radius 2 is 1.86 bits per heavy atom. The molecule has 1 atom stereocenters. The van der Waals surface area contributed by atoms with Crippen molar-refractivity contribution in [1.82, 2.24) is 18.8 Å². The van der Waals surface area contributed by atoms with Gasteiger partial charge in [-0.2, -0.15) is 4.31 Å². The number of fused-ring (bicyclic) bond motifs is 2. The molecule has 2 aromatic heterocycles. The predicted octanol–water partition coefficient (Wildman–Crippen LogP) is 3.30. The number of hydrogen-bond acceptors (Lipinski definition) is 4. The van der Waals surface area contributed by atoms with Crippen molar-refractivity contribution >= 4 is 32.0 Å². The van der Waals surface area contributed by atoms with Gasteiger partial charge in [0.05, 0.1) is 16.6 Å². The van der Waals surface area contributed by atoms with Crippen molar-refractivity contribution in [1.29, 1.82) is 0 Å². The van der Waals surface area contributed by atoms with E-state index in [2.05, 4.69) is 9.55 Å². The van der Waals surface area contributed by atoms with Gasteiger partial charge in [-0.3, -0.25) is 4.98 Å². The van der Waals surface area contributed by atoms with Crippen molar-refractivity contribution in [2.75, 3.05) is 13.1 Å². The van der Waals surface area contributed by atoms with E-state index in [-0.39, 0.29) is 10.8 Å². The van der Waals surface area contributed by atoms with Crippen molar-refractivity contribution in [2.45, 2.75) is 17.2 Å². The largest absolute Gasteiger partial charge is 0.331 e. The number of aromatic nitrogens is 3. The second-order valence-corrected chi connectivity index (χ2v) is 9.10. The van der Waals surface area contributed by atoms with Gasteiger partial charge in [-0.05, 0) is 30.7 Å². The number of aryl methyl sites for hydroxylation is 1. The highest BCUT2D eigenvalue weighted by molar-refractivity contribution is 7.89. The molecule has 0 radical (unpaired) electrons. The minimum absolute atomic E-state index is 0.0788. The van der Waals surface area contributed by atoms with Crippen molar-refractivity contribution in [3.63, 3.8) is 0 Å². The van der Waals surface area contributed by atoms with Crippen LogP contribution in [0.1, 0.15) is 18.2 Å². The summed E-state index contributed by atoms with van der Waals surface area (Å²) in [4.78, 5) is 9.35. The molecule has 1 aliphatic rings. The summed E-state index contributed by atoms with van der Waals surface area (Å²) in [6.07, 6.45) is 2.39. The molecular formula is C21H20N4O2S. The number of rotatable bonds is 3. The number of benzene rings is 2. The van der Waals surface area contributed by atoms with Crippen LogP contribution in [-0.4, -0.2) is 40.3 Å². The summed E-state index contributed by atoms with van der Waals surface area (Å²) in [6.45, 7) is 0.919. The van der Waals surface area contributed by atoms with Gasteiger partial charge in [0, 0.05) is 37.6 Å². The second kappa shape index (κ2) is 6.39. The SMILES string of the molecule is Cn1c(C2CCN(S(=O)(=O)c3cccc4cccnc34)C2)nc2ccccc21. The molecule has 142 valence electrons. The Balaban J connectivity index is 1.50. The van der Waals surface area contributed by atoms with E-state index in [1.54, 1.807) is 22.6 Å². The molecule has 0 bridgehead atoms. The average molecular weight is 392 g/mol. The normalized spacial score (nSPS) is 18.2. The lowest BCUT2D eigenvalue weighted by Gasteiger charge is -2.17. The molecule has 1 aliphatic heterocycles. The lowest BCUT2D eigenvalue weighted by atomic mass is 10.1. The monoisotopic (exact) mass is 392 g/mol. The van der Waals surface area contributed by atoms with Crippen molar-refractivity contribution in [3.05, 3.63) is 66.6 Å². The van der Waals surface area contributed by atoms with E-state index in [1.165, 1.54) is 0 Å². The maximum absolute atomic E-state index is 13.3. The molecule has 6 nitrogen and oxygen atoms in total. The molecule has 0 spiro atoms. The molecule has 1 unspecified atom stereocenters. The van der Waals surface area contributed by atoms with Gasteiger partial charge in [0.2, 0.25) is 10.0 Å². The Morgan fingerprint density at radius 3 is 2.71 bits per heavy atom. The summed E-state index contributed by atoms with van der Waals surface area (Å²) < 4.78 is 30.3. The number of hydrogen-bond donors (Lipinski definition) is 0. The molecule has 0 aliphatic carbocycles. The summed E-state index contributed by atoms with van der Waals surface area (Å²) in [6, 6.07) is 17.0. The van der Waals surface area contributed by atoms with Gasteiger partial charge >= 0.3 is 0 Å². The predicted molar refractivity (Wildman–Crippen MR) is 109 cm³/mol. The van der Waals surface area contributed by atoms with Gasteiger partial charge in [-0.15, -0.1) is 0 Å². The minimum atomic E-state index is -3.62. The molecule has 0 N–H and O–H groups in total. The van der Waals surface area contributed by atoms with Crippen LogP contribution in [0.5, 0.6) is 0 Å². The maximum atomic E-state index is 13.3. The van der Waals surface area contributed by atoms with Gasteiger partial charge in [0.25, 0.3) is 0 Å². The Morgan fingerprint density at radius 1 is 1.04 bits per heavy atom. The van der Waals surface area contributed by atoms with Gasteiger partial charge in [0.15, 0.2) is 0 Å². The Labute approximate surface area is 163 Å². The number of nitrogens with zero attached hydrogens (tertiary/aromatic N) is 4. The second-order valence-electron chi connectivity index (χ2n) is 7.20. The molecule has 2 aromatic carbocycles. The van der Waals surface area contributed by atoms with E-state index in [0.29, 0.717) is 18.6 Å². The molecule has 7 heteroatoms. The minimum Gasteiger partial charge on any atom is -0.331 e. The van der Waals surface area contributed by atoms with E-state index < -0.39 is 10.0 Å². The van der Waals surface area contributed by atoms with Gasteiger partial charge in [-0.25, -0.2) is 13.4 Å². The van der Waals surface area contributed by atoms with Crippen LogP contribution in [0.25, 0.3) is 21.9 Å². The Hall–Kier alpha value is -2.77. The number of sulfonamides is 1. The first-order valence-electron chi connectivity index (χ1n) is 9.31. The van der Waals surface area contributed by atoms with Crippen LogP contribution in [0.3, 0.4) is 0 Å². The van der Waals surface area contributed by atoms with Crippen LogP contribution in [0.4, 0.5) is 0 Å². The fourth-order valence-corrected chi connectivity index (χ4v) is 5.78. The van der Waals surface area contributed by atoms with Crippen molar-refractivity contribution in [2.24, 2.45) is 7.05 Å². The van der Waals surface area contributed by atoms with Gasteiger partial charge in [0.1, 0.15) is 10.7 Å². The molecule has 28 heavy (non-hydrogen) atoms. The fourth-order valence-electron chi connectivity index (χ4n) is 4.11. The molecule has 1 saturated heterocycles. The van der Waals surface area contributed by atoms with Crippen LogP contribution in [0.2, 0.25) is 0 Å². The highest BCUT2D eigenvalue weighted by Gasteiger charge is 2.36. The lowest BCUT2D eigenvalue weighted by molar-refractivity contribution is 0.471. The highest BCUT2D eigenvalue weighted by atomic mass is 32.2. The standard InChI is InChI=1S/C21H20N4O2S/c1-24-18-9-3-2-8-17(18)23-21(24)16-11-13-25(14-16)28(26,27)19-10-4-6-15-7-5-12-22-20(15)19/h2-10,12,16H,11,13-14H2,1H3. The van der Waals surface area contributed by atoms with E-state index in [4.69, 9.17) is 4.98 Å². The number of imidazole rings is 1. The summed E-state index contributed by atoms with van der Waals surface area (Å²) in [7, 11) is -1.62. The zero-order valence-electron chi connectivity index (χ0n) is 15.5. The molecule has 1 fully saturated rings. The summed E-state index contributed by atoms with van der Waals surface area (Å²) in [5.41, 5.74) is 2.54. The zero-order valence-corrected chi connectivity index (χ0v) is 16.3. The molecule has 3 heterocycles. The van der Waals surface area contributed by atoms with Crippen LogP contribution in [0, 0.1) is 0 Å². The van der Waals surface area contributed by atoms with E-state index in [9.17, 15) is 8.42 Å². The Kier molecular flexibility index (Phi) is 3.96. The van der Waals surface area contributed by atoms with Crippen LogP contribution >= 0.6 is 0 Å². The summed E-state index contributed by atoms with van der Waals surface area (Å²) in [5.74, 6) is 1.02. The van der Waals surface area contributed by atoms with E-state index in [0.717, 1.165) is 28.7 Å². The van der Waals surface area contributed by atoms with Crippen LogP contribution in [0.15, 0.2) is 65.7 Å². The maximum Gasteiger partial charge on any atom is 0.245 e. The number of pyridine rings is 1. The number of para-hydroxylation sites is 3. The van der Waals surface area contributed by atoms with E-state index in [1.807, 2.05) is 49.5 Å². The molecule has 4 aromatic rings. The van der Waals surface area contributed by atoms with Crippen molar-refractivity contribution < 1.29 is 8.42 Å². The fraction of sp³-hybridized carbons (Fsp3) is 0.238.